The molecule has 126 valence electrons. The number of hydrogen-bond acceptors (Lipinski definition) is 5. The molecule has 1 aliphatic heterocycles. The first-order valence-corrected chi connectivity index (χ1v) is 7.71. The lowest BCUT2D eigenvalue weighted by molar-refractivity contribution is -0.125. The number of rotatable bonds is 5. The molecular formula is C18H19NO5. The highest BCUT2D eigenvalue weighted by molar-refractivity contribution is 5.95. The van der Waals surface area contributed by atoms with E-state index in [4.69, 9.17) is 18.9 Å². The van der Waals surface area contributed by atoms with Crippen molar-refractivity contribution >= 4 is 11.6 Å². The fraction of sp³-hybridized carbons (Fsp3) is 0.278. The van der Waals surface area contributed by atoms with Gasteiger partial charge in [0.25, 0.3) is 5.91 Å². The predicted molar refractivity (Wildman–Crippen MR) is 89.1 cm³/mol. The average molecular weight is 329 g/mol. The van der Waals surface area contributed by atoms with Crippen molar-refractivity contribution < 1.29 is 23.7 Å². The van der Waals surface area contributed by atoms with Gasteiger partial charge < -0.3 is 24.3 Å². The number of carbonyl (C=O) groups is 1. The van der Waals surface area contributed by atoms with Crippen molar-refractivity contribution in [3.05, 3.63) is 42.5 Å². The molecule has 0 bridgehead atoms. The number of nitrogens with one attached hydrogen (secondary N) is 1. The topological polar surface area (TPSA) is 66.0 Å². The van der Waals surface area contributed by atoms with Gasteiger partial charge in [-0.1, -0.05) is 12.1 Å². The van der Waals surface area contributed by atoms with Crippen molar-refractivity contribution in [1.82, 2.24) is 0 Å². The summed E-state index contributed by atoms with van der Waals surface area (Å²) in [5.74, 6) is 2.11. The molecule has 0 spiro atoms. The standard InChI is InChI=1S/C18H19NO5/c1-3-22-14-9-8-12(10-16(14)21-2)19-18(20)17-11-23-13-6-4-5-7-15(13)24-17/h4-10,17H,3,11H2,1-2H3,(H,19,20). The van der Waals surface area contributed by atoms with Crippen LogP contribution in [0.15, 0.2) is 42.5 Å². The van der Waals surface area contributed by atoms with E-state index in [2.05, 4.69) is 5.32 Å². The van der Waals surface area contributed by atoms with Gasteiger partial charge in [0.1, 0.15) is 6.61 Å². The van der Waals surface area contributed by atoms with Gasteiger partial charge in [0.05, 0.1) is 13.7 Å². The predicted octanol–water partition coefficient (Wildman–Crippen LogP) is 2.87. The molecule has 0 saturated carbocycles. The van der Waals surface area contributed by atoms with E-state index in [-0.39, 0.29) is 12.5 Å². The number of fused-ring (bicyclic) bond motifs is 1. The van der Waals surface area contributed by atoms with Gasteiger partial charge >= 0.3 is 0 Å². The van der Waals surface area contributed by atoms with Gasteiger partial charge in [0.15, 0.2) is 23.0 Å². The Labute approximate surface area is 140 Å². The second-order valence-electron chi connectivity index (χ2n) is 5.15. The summed E-state index contributed by atoms with van der Waals surface area (Å²) in [5.41, 5.74) is 0.600. The molecule has 0 radical (unpaired) electrons. The second kappa shape index (κ2) is 7.12. The fourth-order valence-electron chi connectivity index (χ4n) is 2.39. The van der Waals surface area contributed by atoms with E-state index in [0.717, 1.165) is 0 Å². The minimum Gasteiger partial charge on any atom is -0.493 e. The molecule has 1 N–H and O–H groups in total. The minimum absolute atomic E-state index is 0.164. The smallest absolute Gasteiger partial charge is 0.269 e. The number of methoxy groups -OCH3 is 1. The van der Waals surface area contributed by atoms with E-state index in [1.165, 1.54) is 0 Å². The quantitative estimate of drug-likeness (QED) is 0.914. The highest BCUT2D eigenvalue weighted by Gasteiger charge is 2.27. The molecule has 1 unspecified atom stereocenters. The van der Waals surface area contributed by atoms with Gasteiger partial charge in [-0.3, -0.25) is 4.79 Å². The highest BCUT2D eigenvalue weighted by atomic mass is 16.6. The van der Waals surface area contributed by atoms with Crippen molar-refractivity contribution in [3.63, 3.8) is 0 Å². The van der Waals surface area contributed by atoms with Crippen LogP contribution in [-0.4, -0.2) is 32.3 Å². The summed E-state index contributed by atoms with van der Waals surface area (Å²) in [7, 11) is 1.55. The van der Waals surface area contributed by atoms with Crippen LogP contribution in [0.5, 0.6) is 23.0 Å². The first-order chi connectivity index (χ1) is 11.7. The molecule has 2 aromatic rings. The molecule has 1 heterocycles. The third kappa shape index (κ3) is 3.37. The van der Waals surface area contributed by atoms with E-state index < -0.39 is 6.10 Å². The summed E-state index contributed by atoms with van der Waals surface area (Å²) in [4.78, 5) is 12.4. The van der Waals surface area contributed by atoms with Crippen molar-refractivity contribution in [2.45, 2.75) is 13.0 Å². The second-order valence-corrected chi connectivity index (χ2v) is 5.15. The SMILES string of the molecule is CCOc1ccc(NC(=O)C2COc3ccccc3O2)cc1OC. The molecule has 2 aromatic carbocycles. The first-order valence-electron chi connectivity index (χ1n) is 7.71. The van der Waals surface area contributed by atoms with E-state index in [1.54, 1.807) is 37.4 Å². The van der Waals surface area contributed by atoms with Crippen LogP contribution in [0.4, 0.5) is 5.69 Å². The van der Waals surface area contributed by atoms with Gasteiger partial charge in [0.2, 0.25) is 6.10 Å². The molecule has 0 saturated heterocycles. The summed E-state index contributed by atoms with van der Waals surface area (Å²) >= 11 is 0. The Morgan fingerprint density at radius 2 is 2.00 bits per heavy atom. The van der Waals surface area contributed by atoms with Crippen LogP contribution in [0.25, 0.3) is 0 Å². The normalized spacial score (nSPS) is 15.5. The van der Waals surface area contributed by atoms with Gasteiger partial charge in [-0.2, -0.15) is 0 Å². The lowest BCUT2D eigenvalue weighted by atomic mass is 10.2. The molecule has 1 atom stereocenters. The Hall–Kier alpha value is -2.89. The maximum absolute atomic E-state index is 12.4. The minimum atomic E-state index is -0.711. The lowest BCUT2D eigenvalue weighted by Crippen LogP contribution is -2.40. The Bertz CT molecular complexity index is 731. The van der Waals surface area contributed by atoms with Crippen molar-refractivity contribution in [3.8, 4) is 23.0 Å². The van der Waals surface area contributed by atoms with Crippen LogP contribution in [0.3, 0.4) is 0 Å². The van der Waals surface area contributed by atoms with Gasteiger partial charge in [-0.25, -0.2) is 0 Å². The van der Waals surface area contributed by atoms with Crippen LogP contribution >= 0.6 is 0 Å². The zero-order valence-electron chi connectivity index (χ0n) is 13.6. The Kier molecular flexibility index (Phi) is 4.74. The van der Waals surface area contributed by atoms with Crippen LogP contribution < -0.4 is 24.3 Å². The highest BCUT2D eigenvalue weighted by Crippen LogP contribution is 2.32. The maximum Gasteiger partial charge on any atom is 0.269 e. The summed E-state index contributed by atoms with van der Waals surface area (Å²) in [6.45, 7) is 2.60. The molecule has 0 fully saturated rings. The third-order valence-corrected chi connectivity index (χ3v) is 3.53. The molecule has 0 aliphatic carbocycles. The number of para-hydroxylation sites is 2. The third-order valence-electron chi connectivity index (χ3n) is 3.53. The Balaban J connectivity index is 1.69. The fourth-order valence-corrected chi connectivity index (χ4v) is 2.39. The molecule has 6 nitrogen and oxygen atoms in total. The summed E-state index contributed by atoms with van der Waals surface area (Å²) in [5, 5.41) is 2.81. The molecule has 6 heteroatoms. The van der Waals surface area contributed by atoms with E-state index in [0.29, 0.717) is 35.3 Å². The number of ether oxygens (including phenoxy) is 4. The Morgan fingerprint density at radius 3 is 2.75 bits per heavy atom. The van der Waals surface area contributed by atoms with E-state index in [1.807, 2.05) is 19.1 Å². The number of anilines is 1. The van der Waals surface area contributed by atoms with Crippen molar-refractivity contribution in [2.75, 3.05) is 25.6 Å². The number of amides is 1. The Morgan fingerprint density at radius 1 is 1.21 bits per heavy atom. The van der Waals surface area contributed by atoms with Crippen LogP contribution in [0.2, 0.25) is 0 Å². The van der Waals surface area contributed by atoms with Gasteiger partial charge in [-0.05, 0) is 31.2 Å². The molecule has 1 aliphatic rings. The summed E-state index contributed by atoms with van der Waals surface area (Å²) in [6.07, 6.45) is -0.711. The van der Waals surface area contributed by atoms with Crippen LogP contribution in [0, 0.1) is 0 Å². The van der Waals surface area contributed by atoms with Crippen LogP contribution in [0.1, 0.15) is 6.92 Å². The van der Waals surface area contributed by atoms with Gasteiger partial charge in [0, 0.05) is 11.8 Å². The number of benzene rings is 2. The molecular weight excluding hydrogens is 310 g/mol. The van der Waals surface area contributed by atoms with Gasteiger partial charge in [-0.15, -0.1) is 0 Å². The molecule has 0 aromatic heterocycles. The summed E-state index contributed by atoms with van der Waals surface area (Å²) in [6, 6.07) is 12.5. The molecule has 24 heavy (non-hydrogen) atoms. The largest absolute Gasteiger partial charge is 0.493 e. The van der Waals surface area contributed by atoms with E-state index >= 15 is 0 Å². The van der Waals surface area contributed by atoms with E-state index in [9.17, 15) is 4.79 Å². The molecule has 1 amide bonds. The zero-order valence-corrected chi connectivity index (χ0v) is 13.6. The number of carbonyl (C=O) groups excluding carboxylic acids is 1. The summed E-state index contributed by atoms with van der Waals surface area (Å²) < 4.78 is 22.0. The average Bonchev–Trinajstić information content (AvgIpc) is 2.62. The maximum atomic E-state index is 12.4. The zero-order chi connectivity index (χ0) is 16.9. The van der Waals surface area contributed by atoms with Crippen molar-refractivity contribution in [2.24, 2.45) is 0 Å². The van der Waals surface area contributed by atoms with Crippen molar-refractivity contribution in [1.29, 1.82) is 0 Å². The monoisotopic (exact) mass is 329 g/mol. The number of hydrogen-bond donors (Lipinski definition) is 1. The van der Waals surface area contributed by atoms with Crippen LogP contribution in [-0.2, 0) is 4.79 Å². The lowest BCUT2D eigenvalue weighted by Gasteiger charge is -2.25. The first kappa shape index (κ1) is 16.0. The molecule has 3 rings (SSSR count).